The highest BCUT2D eigenvalue weighted by Gasteiger charge is 2.33. The molecule has 2 N–H and O–H groups in total. The standard InChI is InChI=1S/C24H29N3O3/c1-4-5-12-27-15-19(14-22(27)28)24(30)25-20-10-7-18(8-11-20)23(29)26-21-9-6-16(2)17(3)13-21/h6-11,13,19H,4-5,12,14-15H2,1-3H3,(H,25,30)(H,26,29)/t19-/m0/s1. The van der Waals surface area contributed by atoms with E-state index >= 15 is 0 Å². The molecule has 0 unspecified atom stereocenters. The Morgan fingerprint density at radius 3 is 2.37 bits per heavy atom. The Balaban J connectivity index is 1.56. The summed E-state index contributed by atoms with van der Waals surface area (Å²) >= 11 is 0. The first-order valence-electron chi connectivity index (χ1n) is 10.4. The van der Waals surface area contributed by atoms with Crippen molar-refractivity contribution in [3.63, 3.8) is 0 Å². The van der Waals surface area contributed by atoms with Crippen LogP contribution in [0.25, 0.3) is 0 Å². The molecule has 1 saturated heterocycles. The number of anilines is 2. The highest BCUT2D eigenvalue weighted by Crippen LogP contribution is 2.21. The van der Waals surface area contributed by atoms with Crippen molar-refractivity contribution in [2.45, 2.75) is 40.0 Å². The number of unbranched alkanes of at least 4 members (excludes halogenated alkanes) is 1. The fourth-order valence-electron chi connectivity index (χ4n) is 3.48. The first-order chi connectivity index (χ1) is 14.4. The number of aryl methyl sites for hydroxylation is 2. The third kappa shape index (κ3) is 5.26. The average Bonchev–Trinajstić information content (AvgIpc) is 3.10. The zero-order valence-electron chi connectivity index (χ0n) is 17.8. The van der Waals surface area contributed by atoms with E-state index in [0.717, 1.165) is 24.1 Å². The molecule has 30 heavy (non-hydrogen) atoms. The third-order valence-corrected chi connectivity index (χ3v) is 5.55. The molecule has 0 saturated carbocycles. The van der Waals surface area contributed by atoms with Gasteiger partial charge in [-0.1, -0.05) is 19.4 Å². The van der Waals surface area contributed by atoms with Gasteiger partial charge in [0, 0.05) is 36.4 Å². The van der Waals surface area contributed by atoms with Crippen LogP contribution in [0.4, 0.5) is 11.4 Å². The zero-order valence-corrected chi connectivity index (χ0v) is 17.8. The smallest absolute Gasteiger partial charge is 0.255 e. The van der Waals surface area contributed by atoms with Crippen LogP contribution < -0.4 is 10.6 Å². The van der Waals surface area contributed by atoms with E-state index < -0.39 is 0 Å². The number of nitrogens with one attached hydrogen (secondary N) is 2. The molecule has 6 heteroatoms. The number of rotatable bonds is 7. The maximum Gasteiger partial charge on any atom is 0.255 e. The topological polar surface area (TPSA) is 78.5 Å². The molecule has 158 valence electrons. The fourth-order valence-corrected chi connectivity index (χ4v) is 3.48. The maximum atomic E-state index is 12.5. The van der Waals surface area contributed by atoms with E-state index in [1.54, 1.807) is 29.2 Å². The molecular weight excluding hydrogens is 378 g/mol. The quantitative estimate of drug-likeness (QED) is 0.724. The average molecular weight is 408 g/mol. The number of likely N-dealkylation sites (tertiary alicyclic amines) is 1. The van der Waals surface area contributed by atoms with E-state index in [0.29, 0.717) is 24.3 Å². The number of benzene rings is 2. The lowest BCUT2D eigenvalue weighted by atomic mass is 10.1. The van der Waals surface area contributed by atoms with E-state index in [2.05, 4.69) is 17.6 Å². The molecule has 1 heterocycles. The van der Waals surface area contributed by atoms with Crippen molar-refractivity contribution < 1.29 is 14.4 Å². The van der Waals surface area contributed by atoms with Crippen molar-refractivity contribution in [2.24, 2.45) is 5.92 Å². The second-order valence-electron chi connectivity index (χ2n) is 7.91. The van der Waals surface area contributed by atoms with E-state index in [1.165, 1.54) is 5.56 Å². The summed E-state index contributed by atoms with van der Waals surface area (Å²) in [6, 6.07) is 12.6. The summed E-state index contributed by atoms with van der Waals surface area (Å²) in [4.78, 5) is 38.8. The van der Waals surface area contributed by atoms with Gasteiger partial charge in [-0.3, -0.25) is 14.4 Å². The Labute approximate surface area is 177 Å². The first kappa shape index (κ1) is 21.6. The molecule has 2 aromatic carbocycles. The molecule has 1 aliphatic heterocycles. The Hall–Kier alpha value is -3.15. The molecule has 1 aliphatic rings. The van der Waals surface area contributed by atoms with E-state index in [-0.39, 0.29) is 30.1 Å². The lowest BCUT2D eigenvalue weighted by molar-refractivity contribution is -0.128. The minimum absolute atomic E-state index is 0.0435. The summed E-state index contributed by atoms with van der Waals surface area (Å²) in [5.41, 5.74) is 4.16. The predicted octanol–water partition coefficient (Wildman–Crippen LogP) is 4.14. The van der Waals surface area contributed by atoms with Gasteiger partial charge in [0.15, 0.2) is 0 Å². The number of hydrogen-bond donors (Lipinski definition) is 2. The molecule has 2 aromatic rings. The van der Waals surface area contributed by atoms with Crippen LogP contribution in [0.2, 0.25) is 0 Å². The summed E-state index contributed by atoms with van der Waals surface area (Å²) in [6.45, 7) is 7.29. The van der Waals surface area contributed by atoms with Gasteiger partial charge in [-0.2, -0.15) is 0 Å². The Morgan fingerprint density at radius 1 is 1.00 bits per heavy atom. The highest BCUT2D eigenvalue weighted by molar-refractivity contribution is 6.05. The summed E-state index contributed by atoms with van der Waals surface area (Å²) in [5.74, 6) is -0.650. The van der Waals surface area contributed by atoms with Crippen molar-refractivity contribution >= 4 is 29.1 Å². The SMILES string of the molecule is CCCCN1C[C@@H](C(=O)Nc2ccc(C(=O)Nc3ccc(C)c(C)c3)cc2)CC1=O. The van der Waals surface area contributed by atoms with Crippen LogP contribution in [0, 0.1) is 19.8 Å². The molecule has 0 bridgehead atoms. The van der Waals surface area contributed by atoms with Gasteiger partial charge in [0.05, 0.1) is 5.92 Å². The van der Waals surface area contributed by atoms with Gasteiger partial charge >= 0.3 is 0 Å². The normalized spacial score (nSPS) is 15.9. The summed E-state index contributed by atoms with van der Waals surface area (Å²) in [6.07, 6.45) is 2.22. The van der Waals surface area contributed by atoms with Crippen LogP contribution in [0.3, 0.4) is 0 Å². The molecular formula is C24H29N3O3. The number of hydrogen-bond acceptors (Lipinski definition) is 3. The Kier molecular flexibility index (Phi) is 6.87. The molecule has 0 spiro atoms. The Bertz CT molecular complexity index is 937. The van der Waals surface area contributed by atoms with Crippen molar-refractivity contribution in [1.29, 1.82) is 0 Å². The van der Waals surface area contributed by atoms with Crippen LogP contribution in [0.1, 0.15) is 47.7 Å². The summed E-state index contributed by atoms with van der Waals surface area (Å²) in [5, 5.41) is 5.75. The predicted molar refractivity (Wildman–Crippen MR) is 119 cm³/mol. The van der Waals surface area contributed by atoms with E-state index in [9.17, 15) is 14.4 Å². The molecule has 1 fully saturated rings. The van der Waals surface area contributed by atoms with Gasteiger partial charge in [-0.25, -0.2) is 0 Å². The molecule has 0 aromatic heterocycles. The second kappa shape index (κ2) is 9.57. The van der Waals surface area contributed by atoms with Crippen LogP contribution in [0.5, 0.6) is 0 Å². The number of nitrogens with zero attached hydrogens (tertiary/aromatic N) is 1. The second-order valence-corrected chi connectivity index (χ2v) is 7.91. The van der Waals surface area contributed by atoms with Crippen LogP contribution in [-0.4, -0.2) is 35.7 Å². The van der Waals surface area contributed by atoms with Crippen molar-refractivity contribution in [3.8, 4) is 0 Å². The number of amides is 3. The largest absolute Gasteiger partial charge is 0.342 e. The highest BCUT2D eigenvalue weighted by atomic mass is 16.2. The summed E-state index contributed by atoms with van der Waals surface area (Å²) < 4.78 is 0. The van der Waals surface area contributed by atoms with Crippen molar-refractivity contribution in [1.82, 2.24) is 4.90 Å². The van der Waals surface area contributed by atoms with E-state index in [4.69, 9.17) is 0 Å². The van der Waals surface area contributed by atoms with Crippen LogP contribution >= 0.6 is 0 Å². The van der Waals surface area contributed by atoms with Gasteiger partial charge < -0.3 is 15.5 Å². The van der Waals surface area contributed by atoms with Gasteiger partial charge in [0.2, 0.25) is 11.8 Å². The van der Waals surface area contributed by atoms with Crippen molar-refractivity contribution in [2.75, 3.05) is 23.7 Å². The molecule has 0 radical (unpaired) electrons. The molecule has 6 nitrogen and oxygen atoms in total. The molecule has 3 rings (SSSR count). The molecule has 3 amide bonds. The minimum Gasteiger partial charge on any atom is -0.342 e. The van der Waals surface area contributed by atoms with Gasteiger partial charge in [-0.05, 0) is 67.8 Å². The molecule has 0 aliphatic carbocycles. The molecule has 1 atom stereocenters. The van der Waals surface area contributed by atoms with Gasteiger partial charge in [0.1, 0.15) is 0 Å². The van der Waals surface area contributed by atoms with Crippen LogP contribution in [-0.2, 0) is 9.59 Å². The third-order valence-electron chi connectivity index (χ3n) is 5.55. The number of carbonyl (C=O) groups excluding carboxylic acids is 3. The number of carbonyl (C=O) groups is 3. The Morgan fingerprint density at radius 2 is 1.70 bits per heavy atom. The zero-order chi connectivity index (χ0) is 21.7. The lowest BCUT2D eigenvalue weighted by Crippen LogP contribution is -2.29. The van der Waals surface area contributed by atoms with Crippen molar-refractivity contribution in [3.05, 3.63) is 59.2 Å². The lowest BCUT2D eigenvalue weighted by Gasteiger charge is -2.16. The fraction of sp³-hybridized carbons (Fsp3) is 0.375. The van der Waals surface area contributed by atoms with Crippen LogP contribution in [0.15, 0.2) is 42.5 Å². The van der Waals surface area contributed by atoms with Gasteiger partial charge in [0.25, 0.3) is 5.91 Å². The monoisotopic (exact) mass is 407 g/mol. The van der Waals surface area contributed by atoms with E-state index in [1.807, 2.05) is 32.0 Å². The first-order valence-corrected chi connectivity index (χ1v) is 10.4. The minimum atomic E-state index is -0.331. The van der Waals surface area contributed by atoms with Gasteiger partial charge in [-0.15, -0.1) is 0 Å². The summed E-state index contributed by atoms with van der Waals surface area (Å²) in [7, 11) is 0. The maximum absolute atomic E-state index is 12.5.